The smallest absolute Gasteiger partial charge is 0.399 e. The van der Waals surface area contributed by atoms with Crippen LogP contribution in [0.4, 0.5) is 0 Å². The molecule has 6 rings (SSSR count). The van der Waals surface area contributed by atoms with Crippen LogP contribution >= 0.6 is 11.3 Å². The topological polar surface area (TPSA) is 18.5 Å². The Bertz CT molecular complexity index is 1180. The van der Waals surface area contributed by atoms with Crippen molar-refractivity contribution in [1.29, 1.82) is 0 Å². The monoisotopic (exact) mass is 470 g/mol. The van der Waals surface area contributed by atoms with Crippen LogP contribution in [0.3, 0.4) is 0 Å². The lowest BCUT2D eigenvalue weighted by Crippen LogP contribution is -2.41. The second-order valence-electron chi connectivity index (χ2n) is 11.3. The van der Waals surface area contributed by atoms with E-state index in [-0.39, 0.29) is 18.3 Å². The summed E-state index contributed by atoms with van der Waals surface area (Å²) in [5.41, 5.74) is 8.35. The van der Waals surface area contributed by atoms with Crippen LogP contribution in [-0.4, -0.2) is 18.3 Å². The van der Waals surface area contributed by atoms with E-state index in [1.165, 1.54) is 47.2 Å². The fourth-order valence-electron chi connectivity index (χ4n) is 5.88. The average molecular weight is 470 g/mol. The van der Waals surface area contributed by atoms with Gasteiger partial charge in [0.15, 0.2) is 0 Å². The molecule has 0 saturated carbocycles. The Morgan fingerprint density at radius 1 is 0.912 bits per heavy atom. The molecule has 2 nitrogen and oxygen atoms in total. The Balaban J connectivity index is 1.23. The largest absolute Gasteiger partial charge is 0.494 e. The summed E-state index contributed by atoms with van der Waals surface area (Å²) < 4.78 is 12.7. The van der Waals surface area contributed by atoms with Crippen LogP contribution in [0.15, 0.2) is 59.2 Å². The molecule has 2 heterocycles. The SMILES string of the molecule is CC1(C)OB(C2=CCCC(C3=CC=CC(C4=CCCc5c4sc4c5CCC=C4)C3)=C2)OC1(C)C. The van der Waals surface area contributed by atoms with Crippen LogP contribution in [0.25, 0.3) is 11.6 Å². The van der Waals surface area contributed by atoms with Gasteiger partial charge in [0.2, 0.25) is 0 Å². The maximum atomic E-state index is 6.35. The van der Waals surface area contributed by atoms with Crippen molar-refractivity contribution in [3.8, 4) is 0 Å². The van der Waals surface area contributed by atoms with Gasteiger partial charge in [-0.05, 0) is 112 Å². The molecular weight excluding hydrogens is 435 g/mol. The summed E-state index contributed by atoms with van der Waals surface area (Å²) in [6.45, 7) is 8.52. The highest BCUT2D eigenvalue weighted by Crippen LogP contribution is 2.46. The standard InChI is InChI=1S/C30H35BO2S/c1-29(2)30(3,4)33-31(32-29)23-13-8-11-21(19-23)20-10-7-12-22(18-20)24-15-9-16-26-25-14-5-6-17-27(25)34-28(24)26/h6-7,10,12-13,15,17,19,22H,5,8-9,11,14,16,18H2,1-4H3. The molecule has 0 amide bonds. The molecule has 5 aliphatic rings. The van der Waals surface area contributed by atoms with E-state index < -0.39 is 0 Å². The first-order chi connectivity index (χ1) is 16.3. The summed E-state index contributed by atoms with van der Waals surface area (Å²) in [5, 5.41) is 0. The summed E-state index contributed by atoms with van der Waals surface area (Å²) in [4.78, 5) is 3.07. The molecule has 1 aromatic rings. The first-order valence-electron chi connectivity index (χ1n) is 13.0. The van der Waals surface area contributed by atoms with Gasteiger partial charge in [-0.25, -0.2) is 0 Å². The Hall–Kier alpha value is -1.88. The minimum Gasteiger partial charge on any atom is -0.399 e. The summed E-state index contributed by atoms with van der Waals surface area (Å²) >= 11 is 2.03. The minimum atomic E-state index is -0.303. The lowest BCUT2D eigenvalue weighted by molar-refractivity contribution is 0.00578. The molecule has 34 heavy (non-hydrogen) atoms. The van der Waals surface area contributed by atoms with E-state index in [0.717, 1.165) is 19.3 Å². The van der Waals surface area contributed by atoms with Crippen LogP contribution in [0.5, 0.6) is 0 Å². The zero-order valence-corrected chi connectivity index (χ0v) is 21.8. The van der Waals surface area contributed by atoms with Crippen molar-refractivity contribution >= 4 is 30.1 Å². The molecule has 0 spiro atoms. The van der Waals surface area contributed by atoms with Gasteiger partial charge in [0.05, 0.1) is 11.2 Å². The zero-order chi connectivity index (χ0) is 23.5. The molecule has 4 heteroatoms. The van der Waals surface area contributed by atoms with E-state index >= 15 is 0 Å². The molecule has 176 valence electrons. The molecule has 1 saturated heterocycles. The molecule has 1 atom stereocenters. The lowest BCUT2D eigenvalue weighted by Gasteiger charge is -2.32. The third-order valence-electron chi connectivity index (χ3n) is 8.55. The number of allylic oxidation sites excluding steroid dienone is 11. The van der Waals surface area contributed by atoms with Crippen molar-refractivity contribution in [3.63, 3.8) is 0 Å². The predicted molar refractivity (Wildman–Crippen MR) is 145 cm³/mol. The lowest BCUT2D eigenvalue weighted by atomic mass is 9.72. The highest BCUT2D eigenvalue weighted by Gasteiger charge is 2.52. The van der Waals surface area contributed by atoms with Gasteiger partial charge >= 0.3 is 7.12 Å². The Kier molecular flexibility index (Phi) is 5.55. The molecule has 0 aromatic carbocycles. The number of hydrogen-bond acceptors (Lipinski definition) is 3. The minimum absolute atomic E-state index is 0.273. The fraction of sp³-hybridized carbons (Fsp3) is 0.467. The maximum Gasteiger partial charge on any atom is 0.494 e. The van der Waals surface area contributed by atoms with Gasteiger partial charge < -0.3 is 9.31 Å². The van der Waals surface area contributed by atoms with Gasteiger partial charge in [0.1, 0.15) is 0 Å². The van der Waals surface area contributed by atoms with Crippen molar-refractivity contribution in [3.05, 3.63) is 80.0 Å². The van der Waals surface area contributed by atoms with Crippen molar-refractivity contribution < 1.29 is 9.31 Å². The average Bonchev–Trinajstić information content (AvgIpc) is 3.32. The van der Waals surface area contributed by atoms with Gasteiger partial charge in [-0.1, -0.05) is 42.5 Å². The number of thiophene rings is 1. The van der Waals surface area contributed by atoms with Gasteiger partial charge in [-0.2, -0.15) is 0 Å². The number of hydrogen-bond donors (Lipinski definition) is 0. The molecule has 0 radical (unpaired) electrons. The van der Waals surface area contributed by atoms with Crippen LogP contribution in [0, 0.1) is 5.92 Å². The Labute approximate surface area is 209 Å². The first-order valence-corrected chi connectivity index (χ1v) is 13.8. The van der Waals surface area contributed by atoms with Crippen LogP contribution in [0.1, 0.15) is 80.7 Å². The molecular formula is C30H35BO2S. The normalized spacial score (nSPS) is 26.9. The molecule has 1 fully saturated rings. The van der Waals surface area contributed by atoms with Crippen molar-refractivity contribution in [2.24, 2.45) is 5.92 Å². The molecule has 0 N–H and O–H groups in total. The van der Waals surface area contributed by atoms with Gasteiger partial charge in [-0.3, -0.25) is 0 Å². The van der Waals surface area contributed by atoms with E-state index in [0.29, 0.717) is 5.92 Å². The summed E-state index contributed by atoms with van der Waals surface area (Å²) in [6.07, 6.45) is 27.0. The van der Waals surface area contributed by atoms with Crippen molar-refractivity contribution in [2.75, 3.05) is 0 Å². The molecule has 4 aliphatic carbocycles. The highest BCUT2D eigenvalue weighted by molar-refractivity contribution is 7.14. The third-order valence-corrected chi connectivity index (χ3v) is 9.84. The van der Waals surface area contributed by atoms with Gasteiger partial charge in [0, 0.05) is 15.7 Å². The number of rotatable bonds is 3. The van der Waals surface area contributed by atoms with Crippen molar-refractivity contribution in [2.45, 2.75) is 83.8 Å². The quantitative estimate of drug-likeness (QED) is 0.419. The van der Waals surface area contributed by atoms with E-state index in [1.54, 1.807) is 21.6 Å². The van der Waals surface area contributed by atoms with E-state index in [4.69, 9.17) is 9.31 Å². The second-order valence-corrected chi connectivity index (χ2v) is 12.3. The molecule has 1 aliphatic heterocycles. The first kappa shape index (κ1) is 22.6. The molecule has 0 bridgehead atoms. The van der Waals surface area contributed by atoms with E-state index in [1.807, 2.05) is 11.3 Å². The Morgan fingerprint density at radius 2 is 1.68 bits per heavy atom. The zero-order valence-electron chi connectivity index (χ0n) is 20.9. The fourth-order valence-corrected chi connectivity index (χ4v) is 7.32. The molecule has 1 unspecified atom stereocenters. The van der Waals surface area contributed by atoms with Crippen LogP contribution in [0.2, 0.25) is 0 Å². The Morgan fingerprint density at radius 3 is 2.50 bits per heavy atom. The van der Waals surface area contributed by atoms with Crippen molar-refractivity contribution in [1.82, 2.24) is 0 Å². The highest BCUT2D eigenvalue weighted by atomic mass is 32.1. The summed E-state index contributed by atoms with van der Waals surface area (Å²) in [5.74, 6) is 0.468. The van der Waals surface area contributed by atoms with Gasteiger partial charge in [0.25, 0.3) is 0 Å². The van der Waals surface area contributed by atoms with E-state index in [9.17, 15) is 0 Å². The van der Waals surface area contributed by atoms with E-state index in [2.05, 4.69) is 76.3 Å². The predicted octanol–water partition coefficient (Wildman–Crippen LogP) is 7.82. The third kappa shape index (κ3) is 3.79. The second kappa shape index (κ2) is 8.36. The summed E-state index contributed by atoms with van der Waals surface area (Å²) in [6, 6.07) is 0. The summed E-state index contributed by atoms with van der Waals surface area (Å²) in [7, 11) is -0.273. The molecule has 1 aromatic heterocycles. The van der Waals surface area contributed by atoms with Gasteiger partial charge in [-0.15, -0.1) is 11.3 Å². The number of fused-ring (bicyclic) bond motifs is 3. The maximum absolute atomic E-state index is 6.35. The van der Waals surface area contributed by atoms with Crippen LogP contribution in [-0.2, 0) is 22.2 Å². The van der Waals surface area contributed by atoms with Crippen LogP contribution < -0.4 is 0 Å².